The monoisotopic (exact) mass is 419 g/mol. The summed E-state index contributed by atoms with van der Waals surface area (Å²) in [6, 6.07) is 13.1. The van der Waals surface area contributed by atoms with Crippen LogP contribution in [-0.4, -0.2) is 42.9 Å². The molecule has 2 unspecified atom stereocenters. The molecule has 1 saturated heterocycles. The summed E-state index contributed by atoms with van der Waals surface area (Å²) in [6.07, 6.45) is 0.523. The fraction of sp³-hybridized carbons (Fsp3) is 0.409. The van der Waals surface area contributed by atoms with Crippen LogP contribution in [0.25, 0.3) is 0 Å². The Morgan fingerprint density at radius 2 is 1.76 bits per heavy atom. The number of rotatable bonds is 7. The highest BCUT2D eigenvalue weighted by molar-refractivity contribution is 7.91. The highest BCUT2D eigenvalue weighted by atomic mass is 32.2. The molecule has 5 nitrogen and oxygen atoms in total. The van der Waals surface area contributed by atoms with Crippen LogP contribution in [-0.2, 0) is 27.6 Å². The molecule has 0 bridgehead atoms. The van der Waals surface area contributed by atoms with Gasteiger partial charge in [0.25, 0.3) is 5.91 Å². The molecule has 2 atom stereocenters. The third kappa shape index (κ3) is 5.56. The molecule has 0 N–H and O–H groups in total. The van der Waals surface area contributed by atoms with Crippen LogP contribution in [0.15, 0.2) is 48.5 Å². The van der Waals surface area contributed by atoms with E-state index in [4.69, 9.17) is 4.74 Å². The van der Waals surface area contributed by atoms with Crippen molar-refractivity contribution in [1.29, 1.82) is 0 Å². The maximum atomic E-state index is 13.2. The molecule has 0 radical (unpaired) electrons. The van der Waals surface area contributed by atoms with Gasteiger partial charge in [-0.25, -0.2) is 12.8 Å². The second-order valence-corrected chi connectivity index (χ2v) is 9.64. The first-order chi connectivity index (χ1) is 13.8. The van der Waals surface area contributed by atoms with Gasteiger partial charge in [0, 0.05) is 12.6 Å². The fourth-order valence-corrected chi connectivity index (χ4v) is 5.22. The number of benzene rings is 2. The number of ether oxygens (including phenoxy) is 1. The second-order valence-electron chi connectivity index (χ2n) is 7.41. The van der Waals surface area contributed by atoms with Crippen LogP contribution in [0.2, 0.25) is 0 Å². The Hall–Kier alpha value is -2.41. The molecule has 1 amide bonds. The highest BCUT2D eigenvalue weighted by Crippen LogP contribution is 2.23. The number of sulfone groups is 1. The van der Waals surface area contributed by atoms with Gasteiger partial charge in [-0.1, -0.05) is 31.2 Å². The molecular formula is C22H26FNO4S. The van der Waals surface area contributed by atoms with Crippen LogP contribution in [0.3, 0.4) is 0 Å². The van der Waals surface area contributed by atoms with Crippen molar-refractivity contribution in [3.05, 3.63) is 65.5 Å². The van der Waals surface area contributed by atoms with Gasteiger partial charge in [-0.2, -0.15) is 0 Å². The van der Waals surface area contributed by atoms with E-state index < -0.39 is 15.9 Å². The van der Waals surface area contributed by atoms with Crippen LogP contribution >= 0.6 is 0 Å². The van der Waals surface area contributed by atoms with Gasteiger partial charge in [0.1, 0.15) is 11.6 Å². The summed E-state index contributed by atoms with van der Waals surface area (Å²) >= 11 is 0. The molecule has 1 aliphatic rings. The minimum Gasteiger partial charge on any atom is -0.481 e. The van der Waals surface area contributed by atoms with Gasteiger partial charge in [0.15, 0.2) is 15.9 Å². The molecule has 0 aliphatic carbocycles. The van der Waals surface area contributed by atoms with E-state index in [-0.39, 0.29) is 29.3 Å². The molecule has 2 aromatic rings. The Kier molecular flexibility index (Phi) is 6.57. The van der Waals surface area contributed by atoms with E-state index in [0.29, 0.717) is 18.7 Å². The lowest BCUT2D eigenvalue weighted by atomic mass is 10.1. The van der Waals surface area contributed by atoms with Crippen molar-refractivity contribution >= 4 is 15.7 Å². The topological polar surface area (TPSA) is 63.7 Å². The van der Waals surface area contributed by atoms with Gasteiger partial charge < -0.3 is 9.64 Å². The number of nitrogens with zero attached hydrogens (tertiary/aromatic N) is 1. The molecule has 2 aromatic carbocycles. The van der Waals surface area contributed by atoms with Gasteiger partial charge in [0.2, 0.25) is 0 Å². The van der Waals surface area contributed by atoms with E-state index in [1.165, 1.54) is 29.8 Å². The lowest BCUT2D eigenvalue weighted by Gasteiger charge is -2.31. The lowest BCUT2D eigenvalue weighted by Crippen LogP contribution is -2.46. The fourth-order valence-electron chi connectivity index (χ4n) is 3.49. The second kappa shape index (κ2) is 8.95. The smallest absolute Gasteiger partial charge is 0.263 e. The molecule has 0 saturated carbocycles. The van der Waals surface area contributed by atoms with Gasteiger partial charge in [-0.3, -0.25) is 4.79 Å². The molecule has 1 aliphatic heterocycles. The zero-order valence-corrected chi connectivity index (χ0v) is 17.5. The Balaban J connectivity index is 1.78. The number of carbonyl (C=O) groups is 1. The quantitative estimate of drug-likeness (QED) is 0.690. The first kappa shape index (κ1) is 21.3. The third-order valence-electron chi connectivity index (χ3n) is 5.19. The molecule has 7 heteroatoms. The first-order valence-electron chi connectivity index (χ1n) is 9.78. The summed E-state index contributed by atoms with van der Waals surface area (Å²) in [5.74, 6) is -0.224. The summed E-state index contributed by atoms with van der Waals surface area (Å²) in [5.41, 5.74) is 2.14. The number of halogens is 1. The standard InChI is InChI=1S/C22H26FNO4S/c1-3-17-4-6-18(7-5-17)14-24(20-12-13-29(26,27)15-20)22(25)16(2)28-21-10-8-19(23)9-11-21/h4-11,16,20H,3,12-15H2,1-2H3. The normalized spacial score (nSPS) is 18.9. The number of aryl methyl sites for hydroxylation is 1. The van der Waals surface area contributed by atoms with Crippen molar-refractivity contribution in [1.82, 2.24) is 4.90 Å². The molecule has 1 fully saturated rings. The van der Waals surface area contributed by atoms with Crippen LogP contribution in [0.5, 0.6) is 5.75 Å². The SMILES string of the molecule is CCc1ccc(CN(C(=O)C(C)Oc2ccc(F)cc2)C2CCS(=O)(=O)C2)cc1. The molecule has 29 heavy (non-hydrogen) atoms. The average molecular weight is 420 g/mol. The van der Waals surface area contributed by atoms with E-state index >= 15 is 0 Å². The zero-order valence-electron chi connectivity index (χ0n) is 16.7. The summed E-state index contributed by atoms with van der Waals surface area (Å²) < 4.78 is 42.8. The zero-order chi connectivity index (χ0) is 21.0. The van der Waals surface area contributed by atoms with E-state index in [9.17, 15) is 17.6 Å². The van der Waals surface area contributed by atoms with Crippen molar-refractivity contribution in [2.24, 2.45) is 0 Å². The van der Waals surface area contributed by atoms with E-state index in [1.807, 2.05) is 24.3 Å². The predicted octanol–water partition coefficient (Wildman–Crippen LogP) is 3.37. The Labute approximate surface area is 171 Å². The maximum absolute atomic E-state index is 13.2. The van der Waals surface area contributed by atoms with Crippen molar-refractivity contribution < 1.29 is 22.3 Å². The molecule has 0 aromatic heterocycles. The van der Waals surface area contributed by atoms with Gasteiger partial charge >= 0.3 is 0 Å². The van der Waals surface area contributed by atoms with Crippen molar-refractivity contribution in [2.45, 2.75) is 45.4 Å². The maximum Gasteiger partial charge on any atom is 0.263 e. The van der Waals surface area contributed by atoms with Gasteiger partial charge in [-0.15, -0.1) is 0 Å². The summed E-state index contributed by atoms with van der Waals surface area (Å²) in [4.78, 5) is 14.8. The molecule has 156 valence electrons. The Morgan fingerprint density at radius 1 is 1.14 bits per heavy atom. The molecular weight excluding hydrogens is 393 g/mol. The van der Waals surface area contributed by atoms with Crippen LogP contribution < -0.4 is 4.74 Å². The summed E-state index contributed by atoms with van der Waals surface area (Å²) in [5, 5.41) is 0. The molecule has 3 rings (SSSR count). The van der Waals surface area contributed by atoms with E-state index in [2.05, 4.69) is 6.92 Å². The minimum atomic E-state index is -3.14. The Morgan fingerprint density at radius 3 is 2.31 bits per heavy atom. The molecule has 0 spiro atoms. The van der Waals surface area contributed by atoms with E-state index in [1.54, 1.807) is 11.8 Å². The van der Waals surface area contributed by atoms with Crippen LogP contribution in [0.1, 0.15) is 31.4 Å². The third-order valence-corrected chi connectivity index (χ3v) is 6.94. The number of carbonyl (C=O) groups excluding carboxylic acids is 1. The predicted molar refractivity (Wildman–Crippen MR) is 110 cm³/mol. The number of hydrogen-bond donors (Lipinski definition) is 0. The Bertz CT molecular complexity index is 942. The molecule has 1 heterocycles. The number of amides is 1. The van der Waals surface area contributed by atoms with Crippen molar-refractivity contribution in [2.75, 3.05) is 11.5 Å². The van der Waals surface area contributed by atoms with Crippen molar-refractivity contribution in [3.8, 4) is 5.75 Å². The summed E-state index contributed by atoms with van der Waals surface area (Å²) in [6.45, 7) is 4.02. The van der Waals surface area contributed by atoms with Gasteiger partial charge in [0.05, 0.1) is 11.5 Å². The summed E-state index contributed by atoms with van der Waals surface area (Å²) in [7, 11) is -3.14. The number of hydrogen-bond acceptors (Lipinski definition) is 4. The van der Waals surface area contributed by atoms with Gasteiger partial charge in [-0.05, 0) is 55.2 Å². The van der Waals surface area contributed by atoms with Crippen LogP contribution in [0.4, 0.5) is 4.39 Å². The van der Waals surface area contributed by atoms with Crippen molar-refractivity contribution in [3.63, 3.8) is 0 Å². The lowest BCUT2D eigenvalue weighted by molar-refractivity contribution is -0.140. The largest absolute Gasteiger partial charge is 0.481 e. The van der Waals surface area contributed by atoms with Crippen LogP contribution in [0, 0.1) is 5.82 Å². The minimum absolute atomic E-state index is 0.0327. The first-order valence-corrected chi connectivity index (χ1v) is 11.6. The highest BCUT2D eigenvalue weighted by Gasteiger charge is 2.36. The average Bonchev–Trinajstić information content (AvgIpc) is 3.07. The van der Waals surface area contributed by atoms with E-state index in [0.717, 1.165) is 12.0 Å².